The Morgan fingerprint density at radius 3 is 1.41 bits per heavy atom. The van der Waals surface area contributed by atoms with E-state index in [0.717, 1.165) is 0 Å². The Bertz CT molecular complexity index is 799. The average molecular weight is 391 g/mol. The Balaban J connectivity index is 2.27. The molecule has 0 aliphatic heterocycles. The van der Waals surface area contributed by atoms with E-state index < -0.39 is 16.1 Å². The van der Waals surface area contributed by atoms with E-state index in [-0.39, 0.29) is 10.1 Å². The van der Waals surface area contributed by atoms with Gasteiger partial charge < -0.3 is 0 Å². The second-order valence-corrected chi connectivity index (χ2v) is 19.8. The van der Waals surface area contributed by atoms with E-state index in [2.05, 4.69) is 126 Å². The van der Waals surface area contributed by atoms with Crippen molar-refractivity contribution >= 4 is 26.5 Å². The minimum absolute atomic E-state index is 0.158. The van der Waals surface area contributed by atoms with Gasteiger partial charge in [0, 0.05) is 4.66 Å². The van der Waals surface area contributed by atoms with E-state index in [1.54, 1.807) is 10.4 Å². The highest BCUT2D eigenvalue weighted by molar-refractivity contribution is 7.11. The molecule has 1 aliphatic rings. The van der Waals surface area contributed by atoms with Gasteiger partial charge in [-0.3, -0.25) is 0 Å². The summed E-state index contributed by atoms with van der Waals surface area (Å²) in [5.74, 6) is 0. The Kier molecular flexibility index (Phi) is 5.03. The third kappa shape index (κ3) is 3.23. The van der Waals surface area contributed by atoms with Gasteiger partial charge in [-0.05, 0) is 11.0 Å². The zero-order valence-electron chi connectivity index (χ0n) is 18.0. The lowest BCUT2D eigenvalue weighted by atomic mass is 9.87. The van der Waals surface area contributed by atoms with Crippen LogP contribution in [-0.2, 0) is 0 Å². The van der Waals surface area contributed by atoms with Gasteiger partial charge in [0.25, 0.3) is 0 Å². The van der Waals surface area contributed by atoms with Crippen LogP contribution < -0.4 is 10.4 Å². The van der Waals surface area contributed by atoms with Crippen molar-refractivity contribution in [2.75, 3.05) is 0 Å². The third-order valence-corrected chi connectivity index (χ3v) is 18.9. The molecule has 0 radical (unpaired) electrons. The summed E-state index contributed by atoms with van der Waals surface area (Å²) in [5.41, 5.74) is 1.68. The monoisotopic (exact) mass is 390 g/mol. The molecule has 0 heterocycles. The van der Waals surface area contributed by atoms with Crippen molar-refractivity contribution in [1.82, 2.24) is 0 Å². The number of allylic oxidation sites excluding steroid dienone is 4. The lowest BCUT2D eigenvalue weighted by molar-refractivity contribution is 0.517. The van der Waals surface area contributed by atoms with Crippen molar-refractivity contribution in [1.29, 1.82) is 0 Å². The molecule has 0 spiro atoms. The molecule has 3 rings (SSSR count). The summed E-state index contributed by atoms with van der Waals surface area (Å²) in [4.78, 5) is 0. The number of hydrogen-bond donors (Lipinski definition) is 0. The van der Waals surface area contributed by atoms with Crippen molar-refractivity contribution < 1.29 is 0 Å². The molecule has 0 aromatic heterocycles. The van der Waals surface area contributed by atoms with Gasteiger partial charge in [0.15, 0.2) is 0 Å². The molecule has 0 nitrogen and oxygen atoms in total. The summed E-state index contributed by atoms with van der Waals surface area (Å²) in [6.45, 7) is 17.3. The first kappa shape index (κ1) is 20.1. The molecule has 1 aliphatic carbocycles. The standard InChI is InChI=1S/C25H34Si2/c1-24(2,3)21-18-19-25(20-21,26(4,5)22-14-10-8-11-15-22)27(6,7)23-16-12-9-13-17-23/h8-20H,1-7H3. The molecule has 0 fully saturated rings. The summed E-state index contributed by atoms with van der Waals surface area (Å²) in [6.07, 6.45) is 7.73. The molecule has 0 N–H and O–H groups in total. The molecular weight excluding hydrogens is 356 g/mol. The van der Waals surface area contributed by atoms with E-state index in [4.69, 9.17) is 0 Å². The predicted octanol–water partition coefficient (Wildman–Crippen LogP) is 6.04. The van der Waals surface area contributed by atoms with Crippen LogP contribution in [0.1, 0.15) is 20.8 Å². The Labute approximate surface area is 168 Å². The van der Waals surface area contributed by atoms with Gasteiger partial charge in [0.05, 0.1) is 16.1 Å². The van der Waals surface area contributed by atoms with E-state index >= 15 is 0 Å². The zero-order valence-corrected chi connectivity index (χ0v) is 20.0. The first-order valence-electron chi connectivity index (χ1n) is 10.1. The molecule has 0 saturated carbocycles. The lowest BCUT2D eigenvalue weighted by Crippen LogP contribution is -2.65. The Morgan fingerprint density at radius 2 is 1.07 bits per heavy atom. The topological polar surface area (TPSA) is 0 Å². The van der Waals surface area contributed by atoms with Crippen molar-refractivity contribution in [2.24, 2.45) is 5.41 Å². The van der Waals surface area contributed by atoms with Crippen LogP contribution in [0.3, 0.4) is 0 Å². The van der Waals surface area contributed by atoms with Crippen molar-refractivity contribution in [3.8, 4) is 0 Å². The zero-order chi connectivity index (χ0) is 19.9. The highest BCUT2D eigenvalue weighted by Gasteiger charge is 2.57. The largest absolute Gasteiger partial charge is 0.0922 e. The molecule has 0 saturated heterocycles. The fraction of sp³-hybridized carbons (Fsp3) is 0.360. The second kappa shape index (κ2) is 6.75. The fourth-order valence-electron chi connectivity index (χ4n) is 4.78. The van der Waals surface area contributed by atoms with Gasteiger partial charge in [-0.1, -0.05) is 136 Å². The van der Waals surface area contributed by atoms with E-state index in [9.17, 15) is 0 Å². The van der Waals surface area contributed by atoms with Crippen LogP contribution in [0.4, 0.5) is 0 Å². The summed E-state index contributed by atoms with van der Waals surface area (Å²) in [5, 5.41) is 3.11. The quantitative estimate of drug-likeness (QED) is 0.558. The average Bonchev–Trinajstić information content (AvgIpc) is 3.11. The number of benzene rings is 2. The first-order chi connectivity index (χ1) is 12.5. The molecule has 2 aromatic carbocycles. The maximum Gasteiger partial charge on any atom is 0.0922 e. The molecule has 2 heteroatoms. The predicted molar refractivity (Wildman–Crippen MR) is 126 cm³/mol. The molecule has 0 atom stereocenters. The Hall–Kier alpha value is -1.65. The fourth-order valence-corrected chi connectivity index (χ4v) is 16.9. The van der Waals surface area contributed by atoms with Crippen LogP contribution in [0.5, 0.6) is 0 Å². The van der Waals surface area contributed by atoms with Gasteiger partial charge in [0.2, 0.25) is 0 Å². The van der Waals surface area contributed by atoms with E-state index in [1.165, 1.54) is 5.57 Å². The number of rotatable bonds is 4. The Morgan fingerprint density at radius 1 is 0.667 bits per heavy atom. The summed E-state index contributed by atoms with van der Waals surface area (Å²) >= 11 is 0. The highest BCUT2D eigenvalue weighted by atomic mass is 28.4. The van der Waals surface area contributed by atoms with Crippen LogP contribution in [0, 0.1) is 5.41 Å². The van der Waals surface area contributed by atoms with Gasteiger partial charge in [-0.2, -0.15) is 0 Å². The molecule has 27 heavy (non-hydrogen) atoms. The second-order valence-electron chi connectivity index (χ2n) is 10.0. The SMILES string of the molecule is CC(C)(C)C1=CC([Si](C)(C)c2ccccc2)([Si](C)(C)c2ccccc2)C=C1. The minimum atomic E-state index is -1.84. The van der Waals surface area contributed by atoms with Crippen molar-refractivity contribution in [2.45, 2.75) is 51.6 Å². The normalized spacial score (nSPS) is 17.1. The van der Waals surface area contributed by atoms with Gasteiger partial charge >= 0.3 is 0 Å². The van der Waals surface area contributed by atoms with Gasteiger partial charge in [-0.25, -0.2) is 0 Å². The van der Waals surface area contributed by atoms with Crippen molar-refractivity contribution in [3.63, 3.8) is 0 Å². The minimum Gasteiger partial charge on any atom is -0.0789 e. The maximum atomic E-state index is 2.69. The van der Waals surface area contributed by atoms with Gasteiger partial charge in [-0.15, -0.1) is 0 Å². The van der Waals surface area contributed by atoms with Crippen LogP contribution in [-0.4, -0.2) is 16.1 Å². The molecular formula is C25H34Si2. The highest BCUT2D eigenvalue weighted by Crippen LogP contribution is 2.54. The molecule has 142 valence electrons. The van der Waals surface area contributed by atoms with Crippen LogP contribution >= 0.6 is 0 Å². The van der Waals surface area contributed by atoms with Crippen LogP contribution in [0.15, 0.2) is 84.5 Å². The number of hydrogen-bond acceptors (Lipinski definition) is 0. The molecule has 0 unspecified atom stereocenters. The summed E-state index contributed by atoms with van der Waals surface area (Å²) < 4.78 is 0.158. The molecule has 0 amide bonds. The van der Waals surface area contributed by atoms with Crippen molar-refractivity contribution in [3.05, 3.63) is 84.5 Å². The third-order valence-electron chi connectivity index (χ3n) is 6.83. The van der Waals surface area contributed by atoms with Gasteiger partial charge in [0.1, 0.15) is 0 Å². The smallest absolute Gasteiger partial charge is 0.0789 e. The maximum absolute atomic E-state index is 2.69. The summed E-state index contributed by atoms with van der Waals surface area (Å²) in [7, 11) is -3.67. The molecule has 0 bridgehead atoms. The molecule has 2 aromatic rings. The van der Waals surface area contributed by atoms with Crippen LogP contribution in [0.25, 0.3) is 0 Å². The first-order valence-corrected chi connectivity index (χ1v) is 16.1. The van der Waals surface area contributed by atoms with E-state index in [1.807, 2.05) is 0 Å². The lowest BCUT2D eigenvalue weighted by Gasteiger charge is -2.51. The summed E-state index contributed by atoms with van der Waals surface area (Å²) in [6, 6.07) is 22.6. The van der Waals surface area contributed by atoms with E-state index in [0.29, 0.717) is 0 Å². The van der Waals surface area contributed by atoms with Crippen LogP contribution in [0.2, 0.25) is 30.8 Å².